The Morgan fingerprint density at radius 3 is 2.63 bits per heavy atom. The second-order valence-corrected chi connectivity index (χ2v) is 11.0. The fraction of sp³-hybridized carbons (Fsp3) is 0.174. The number of carbonyl (C=O) groups is 3. The third-order valence-electron chi connectivity index (χ3n) is 4.61. The van der Waals surface area contributed by atoms with Crippen LogP contribution in [-0.4, -0.2) is 50.8 Å². The van der Waals surface area contributed by atoms with E-state index in [0.29, 0.717) is 11.5 Å². The van der Waals surface area contributed by atoms with Crippen molar-refractivity contribution in [3.05, 3.63) is 59.0 Å². The van der Waals surface area contributed by atoms with Crippen molar-refractivity contribution in [3.63, 3.8) is 0 Å². The molecule has 0 aliphatic carbocycles. The van der Waals surface area contributed by atoms with E-state index in [9.17, 15) is 14.4 Å². The first kappa shape index (κ1) is 25.2. The van der Waals surface area contributed by atoms with Crippen LogP contribution in [0.4, 0.5) is 0 Å². The van der Waals surface area contributed by atoms with Crippen LogP contribution in [0.1, 0.15) is 12.5 Å². The normalized spacial score (nSPS) is 14.5. The maximum Gasteiger partial charge on any atom is 0.266 e. The van der Waals surface area contributed by atoms with Gasteiger partial charge in [-0.2, -0.15) is 0 Å². The Morgan fingerprint density at radius 2 is 1.89 bits per heavy atom. The number of benzene rings is 2. The van der Waals surface area contributed by atoms with Gasteiger partial charge in [-0.3, -0.25) is 30.1 Å². The summed E-state index contributed by atoms with van der Waals surface area (Å²) in [4.78, 5) is 43.3. The predicted molar refractivity (Wildman–Crippen MR) is 144 cm³/mol. The first-order chi connectivity index (χ1) is 16.9. The van der Waals surface area contributed by atoms with Crippen LogP contribution in [-0.2, 0) is 14.4 Å². The Morgan fingerprint density at radius 1 is 1.14 bits per heavy atom. The lowest BCUT2D eigenvalue weighted by molar-refractivity contribution is -0.131. The monoisotopic (exact) mass is 544 g/mol. The summed E-state index contributed by atoms with van der Waals surface area (Å²) in [5.41, 5.74) is 6.39. The molecule has 2 aromatic carbocycles. The van der Waals surface area contributed by atoms with Gasteiger partial charge in [0.05, 0.1) is 27.5 Å². The van der Waals surface area contributed by atoms with Crippen molar-refractivity contribution in [1.29, 1.82) is 0 Å². The Hall–Kier alpha value is -2.93. The summed E-state index contributed by atoms with van der Waals surface area (Å²) in [6.07, 6.45) is 1.72. The van der Waals surface area contributed by atoms with Crippen molar-refractivity contribution >= 4 is 85.4 Å². The summed E-state index contributed by atoms with van der Waals surface area (Å²) in [6, 6.07) is 15.1. The van der Waals surface area contributed by atoms with E-state index in [-0.39, 0.29) is 28.4 Å². The summed E-state index contributed by atoms with van der Waals surface area (Å²) in [5, 5.41) is 0. The van der Waals surface area contributed by atoms with Crippen LogP contribution < -0.4 is 15.6 Å². The molecule has 180 valence electrons. The van der Waals surface area contributed by atoms with E-state index in [0.717, 1.165) is 37.6 Å². The Labute approximate surface area is 219 Å². The van der Waals surface area contributed by atoms with Crippen molar-refractivity contribution in [2.45, 2.75) is 11.3 Å². The molecule has 0 radical (unpaired) electrons. The van der Waals surface area contributed by atoms with Gasteiger partial charge < -0.3 is 4.74 Å². The number of rotatable bonds is 8. The fourth-order valence-electron chi connectivity index (χ4n) is 3.01. The van der Waals surface area contributed by atoms with E-state index in [1.807, 2.05) is 55.5 Å². The molecule has 0 bridgehead atoms. The highest BCUT2D eigenvalue weighted by Crippen LogP contribution is 2.32. The standard InChI is InChI=1S/C23H20N4O4S4/c1-2-31-15-9-7-14(8-10-15)11-18-21(30)27(23(32)35-18)12-19(28)25-26-20(29)13-33-22-24-16-5-3-4-6-17(16)34-22/h3-11H,2,12-13H2,1H3,(H,25,28)(H,26,29)/b18-11+. The smallest absolute Gasteiger partial charge is 0.266 e. The number of hydrogen-bond acceptors (Lipinski definition) is 9. The largest absolute Gasteiger partial charge is 0.494 e. The number of thiocarbonyl (C=S) groups is 1. The number of hydrogen-bond donors (Lipinski definition) is 2. The minimum atomic E-state index is -0.554. The molecule has 8 nitrogen and oxygen atoms in total. The molecular formula is C23H20N4O4S4. The summed E-state index contributed by atoms with van der Waals surface area (Å²) >= 11 is 9.19. The van der Waals surface area contributed by atoms with Gasteiger partial charge in [-0.25, -0.2) is 4.98 Å². The molecule has 1 aliphatic rings. The molecule has 1 aliphatic heterocycles. The molecule has 1 aromatic heterocycles. The van der Waals surface area contributed by atoms with Crippen LogP contribution in [0.3, 0.4) is 0 Å². The van der Waals surface area contributed by atoms with Gasteiger partial charge in [0, 0.05) is 0 Å². The molecule has 0 spiro atoms. The lowest BCUT2D eigenvalue weighted by atomic mass is 10.2. The van der Waals surface area contributed by atoms with Crippen LogP contribution in [0.2, 0.25) is 0 Å². The third kappa shape index (κ3) is 6.60. The number of amides is 3. The third-order valence-corrected chi connectivity index (χ3v) is 8.16. The van der Waals surface area contributed by atoms with Crippen molar-refractivity contribution in [2.24, 2.45) is 0 Å². The number of fused-ring (bicyclic) bond motifs is 1. The number of ether oxygens (including phenoxy) is 1. The summed E-state index contributed by atoms with van der Waals surface area (Å²) in [5.74, 6) is -0.465. The van der Waals surface area contributed by atoms with Gasteiger partial charge in [0.1, 0.15) is 16.6 Å². The van der Waals surface area contributed by atoms with E-state index in [4.69, 9.17) is 17.0 Å². The van der Waals surface area contributed by atoms with Gasteiger partial charge >= 0.3 is 0 Å². The summed E-state index contributed by atoms with van der Waals surface area (Å²) in [6.45, 7) is 2.18. The molecule has 2 N–H and O–H groups in total. The molecule has 12 heteroatoms. The van der Waals surface area contributed by atoms with E-state index in [1.54, 1.807) is 6.08 Å². The van der Waals surface area contributed by atoms with Crippen LogP contribution in [0.25, 0.3) is 16.3 Å². The molecule has 0 unspecified atom stereocenters. The lowest BCUT2D eigenvalue weighted by Gasteiger charge is -2.14. The first-order valence-corrected chi connectivity index (χ1v) is 13.5. The average molecular weight is 545 g/mol. The number of para-hydroxylation sites is 1. The van der Waals surface area contributed by atoms with Gasteiger partial charge in [0.15, 0.2) is 4.34 Å². The lowest BCUT2D eigenvalue weighted by Crippen LogP contribution is -2.47. The Balaban J connectivity index is 1.25. The number of thiazole rings is 1. The van der Waals surface area contributed by atoms with Crippen molar-refractivity contribution in [2.75, 3.05) is 18.9 Å². The minimum Gasteiger partial charge on any atom is -0.494 e. The van der Waals surface area contributed by atoms with Crippen molar-refractivity contribution in [3.8, 4) is 5.75 Å². The predicted octanol–water partition coefficient (Wildman–Crippen LogP) is 3.84. The average Bonchev–Trinajstić information content (AvgIpc) is 3.38. The molecule has 4 rings (SSSR count). The summed E-state index contributed by atoms with van der Waals surface area (Å²) in [7, 11) is 0. The molecule has 1 saturated heterocycles. The number of nitrogens with zero attached hydrogens (tertiary/aromatic N) is 2. The highest BCUT2D eigenvalue weighted by atomic mass is 32.2. The van der Waals surface area contributed by atoms with Crippen LogP contribution >= 0.6 is 47.1 Å². The highest BCUT2D eigenvalue weighted by Gasteiger charge is 2.33. The Bertz CT molecular complexity index is 1270. The molecule has 2 heterocycles. The van der Waals surface area contributed by atoms with Crippen molar-refractivity contribution in [1.82, 2.24) is 20.7 Å². The molecule has 0 atom stereocenters. The number of carbonyl (C=O) groups excluding carboxylic acids is 3. The molecule has 0 saturated carbocycles. The minimum absolute atomic E-state index is 0.0893. The van der Waals surface area contributed by atoms with E-state index >= 15 is 0 Å². The maximum atomic E-state index is 12.7. The zero-order chi connectivity index (χ0) is 24.8. The van der Waals surface area contributed by atoms with E-state index in [2.05, 4.69) is 15.8 Å². The second-order valence-electron chi connectivity index (χ2n) is 7.10. The van der Waals surface area contributed by atoms with Crippen LogP contribution in [0.15, 0.2) is 57.8 Å². The zero-order valence-corrected chi connectivity index (χ0v) is 21.7. The maximum absolute atomic E-state index is 12.7. The highest BCUT2D eigenvalue weighted by molar-refractivity contribution is 8.26. The number of aromatic nitrogens is 1. The van der Waals surface area contributed by atoms with Crippen LogP contribution in [0, 0.1) is 0 Å². The van der Waals surface area contributed by atoms with Gasteiger partial charge in [-0.15, -0.1) is 11.3 Å². The quantitative estimate of drug-likeness (QED) is 0.191. The number of hydrazine groups is 1. The van der Waals surface area contributed by atoms with Gasteiger partial charge in [0.2, 0.25) is 5.91 Å². The summed E-state index contributed by atoms with van der Waals surface area (Å²) < 4.78 is 7.51. The fourth-order valence-corrected chi connectivity index (χ4v) is 6.14. The van der Waals surface area contributed by atoms with E-state index in [1.165, 1.54) is 28.0 Å². The SMILES string of the molecule is CCOc1ccc(/C=C2/SC(=S)N(CC(=O)NNC(=O)CSc3nc4ccccc4s3)C2=O)cc1. The van der Waals surface area contributed by atoms with Gasteiger partial charge in [-0.1, -0.05) is 60.0 Å². The number of thioether (sulfide) groups is 2. The van der Waals surface area contributed by atoms with Gasteiger partial charge in [0.25, 0.3) is 11.8 Å². The van der Waals surface area contributed by atoms with Crippen molar-refractivity contribution < 1.29 is 19.1 Å². The van der Waals surface area contributed by atoms with E-state index < -0.39 is 5.91 Å². The zero-order valence-electron chi connectivity index (χ0n) is 18.5. The van der Waals surface area contributed by atoms with Gasteiger partial charge in [-0.05, 0) is 42.8 Å². The molecular weight excluding hydrogens is 525 g/mol. The molecule has 3 aromatic rings. The molecule has 35 heavy (non-hydrogen) atoms. The second kappa shape index (κ2) is 11.7. The molecule has 1 fully saturated rings. The Kier molecular flexibility index (Phi) is 8.39. The molecule has 3 amide bonds. The first-order valence-electron chi connectivity index (χ1n) is 10.5. The van der Waals surface area contributed by atoms with Crippen LogP contribution in [0.5, 0.6) is 5.75 Å². The topological polar surface area (TPSA) is 101 Å². The number of nitrogens with one attached hydrogen (secondary N) is 2.